The number of carbonyl (C=O) groups is 1. The van der Waals surface area contributed by atoms with E-state index in [0.29, 0.717) is 18.7 Å². The molecule has 5 heteroatoms. The maximum Gasteiger partial charge on any atom is 0.229 e. The van der Waals surface area contributed by atoms with Crippen LogP contribution in [0, 0.1) is 11.6 Å². The van der Waals surface area contributed by atoms with E-state index in [0.717, 1.165) is 18.6 Å². The molecule has 2 atom stereocenters. The number of carbonyl (C=O) groups excluding carboxylic acids is 1. The fraction of sp³-hybridized carbons (Fsp3) is 0.462. The third-order valence-electron chi connectivity index (χ3n) is 3.35. The van der Waals surface area contributed by atoms with Gasteiger partial charge in [0, 0.05) is 19.1 Å². The fourth-order valence-electron chi connectivity index (χ4n) is 2.19. The third-order valence-corrected chi connectivity index (χ3v) is 3.35. The van der Waals surface area contributed by atoms with E-state index in [1.54, 1.807) is 11.8 Å². The number of hydrogen-bond donors (Lipinski definition) is 1. The van der Waals surface area contributed by atoms with Gasteiger partial charge < -0.3 is 10.6 Å². The zero-order valence-electron chi connectivity index (χ0n) is 10.2. The topological polar surface area (TPSA) is 46.3 Å². The summed E-state index contributed by atoms with van der Waals surface area (Å²) in [5.41, 5.74) is 6.23. The van der Waals surface area contributed by atoms with Gasteiger partial charge in [-0.3, -0.25) is 4.79 Å². The van der Waals surface area contributed by atoms with Crippen LogP contribution < -0.4 is 5.73 Å². The maximum absolute atomic E-state index is 13.1. The molecule has 0 saturated carbocycles. The zero-order valence-corrected chi connectivity index (χ0v) is 10.2. The summed E-state index contributed by atoms with van der Waals surface area (Å²) in [5, 5.41) is 0. The molecule has 1 amide bonds. The highest BCUT2D eigenvalue weighted by Crippen LogP contribution is 2.22. The first-order valence-electron chi connectivity index (χ1n) is 5.98. The van der Waals surface area contributed by atoms with Crippen LogP contribution in [-0.2, 0) is 4.79 Å². The second-order valence-corrected chi connectivity index (χ2v) is 4.73. The minimum Gasteiger partial charge on any atom is -0.341 e. The van der Waals surface area contributed by atoms with Gasteiger partial charge in [0.15, 0.2) is 11.6 Å². The summed E-state index contributed by atoms with van der Waals surface area (Å²) < 4.78 is 26.0. The van der Waals surface area contributed by atoms with Crippen molar-refractivity contribution in [3.63, 3.8) is 0 Å². The van der Waals surface area contributed by atoms with E-state index in [-0.39, 0.29) is 11.9 Å². The Morgan fingerprint density at radius 1 is 1.44 bits per heavy atom. The molecular formula is C13H16F2N2O. The number of benzene rings is 1. The SMILES string of the molecule is C[C@H](C(=O)N1CC[C@@H](N)C1)c1ccc(F)c(F)c1. The molecule has 0 radical (unpaired) electrons. The van der Waals surface area contributed by atoms with Crippen LogP contribution in [0.1, 0.15) is 24.8 Å². The fourth-order valence-corrected chi connectivity index (χ4v) is 2.19. The van der Waals surface area contributed by atoms with E-state index in [1.165, 1.54) is 6.07 Å². The highest BCUT2D eigenvalue weighted by molar-refractivity contribution is 5.83. The Morgan fingerprint density at radius 2 is 2.17 bits per heavy atom. The standard InChI is InChI=1S/C13H16F2N2O/c1-8(9-2-3-11(14)12(15)6-9)13(18)17-5-4-10(16)7-17/h2-3,6,8,10H,4-5,7,16H2,1H3/t8-,10+/m0/s1. The lowest BCUT2D eigenvalue weighted by atomic mass is 9.99. The molecule has 1 aromatic rings. The number of nitrogens with zero attached hydrogens (tertiary/aromatic N) is 1. The minimum atomic E-state index is -0.926. The van der Waals surface area contributed by atoms with Crippen LogP contribution in [0.25, 0.3) is 0 Å². The van der Waals surface area contributed by atoms with E-state index in [1.807, 2.05) is 0 Å². The Morgan fingerprint density at radius 3 is 2.72 bits per heavy atom. The number of hydrogen-bond acceptors (Lipinski definition) is 2. The van der Waals surface area contributed by atoms with Crippen LogP contribution in [0.5, 0.6) is 0 Å². The quantitative estimate of drug-likeness (QED) is 0.872. The van der Waals surface area contributed by atoms with Crippen LogP contribution in [0.2, 0.25) is 0 Å². The first-order chi connectivity index (χ1) is 8.49. The number of likely N-dealkylation sites (tertiary alicyclic amines) is 1. The average molecular weight is 254 g/mol. The molecule has 3 nitrogen and oxygen atoms in total. The van der Waals surface area contributed by atoms with E-state index >= 15 is 0 Å². The molecular weight excluding hydrogens is 238 g/mol. The van der Waals surface area contributed by atoms with Gasteiger partial charge in [0.1, 0.15) is 0 Å². The minimum absolute atomic E-state index is 0.0195. The van der Waals surface area contributed by atoms with E-state index in [4.69, 9.17) is 5.73 Å². The van der Waals surface area contributed by atoms with Crippen molar-refractivity contribution in [2.75, 3.05) is 13.1 Å². The van der Waals surface area contributed by atoms with E-state index in [9.17, 15) is 13.6 Å². The zero-order chi connectivity index (χ0) is 13.3. The molecule has 98 valence electrons. The molecule has 0 bridgehead atoms. The highest BCUT2D eigenvalue weighted by Gasteiger charge is 2.28. The van der Waals surface area contributed by atoms with Gasteiger partial charge in [-0.1, -0.05) is 6.07 Å². The molecule has 1 aliphatic heterocycles. The number of rotatable bonds is 2. The van der Waals surface area contributed by atoms with Gasteiger partial charge in [0.25, 0.3) is 0 Å². The smallest absolute Gasteiger partial charge is 0.229 e. The van der Waals surface area contributed by atoms with Crippen LogP contribution in [0.15, 0.2) is 18.2 Å². The van der Waals surface area contributed by atoms with Crippen molar-refractivity contribution in [1.82, 2.24) is 4.90 Å². The Balaban J connectivity index is 2.12. The number of amides is 1. The van der Waals surface area contributed by atoms with Crippen molar-refractivity contribution in [1.29, 1.82) is 0 Å². The van der Waals surface area contributed by atoms with E-state index < -0.39 is 17.6 Å². The largest absolute Gasteiger partial charge is 0.341 e. The molecule has 0 aromatic heterocycles. The van der Waals surface area contributed by atoms with Gasteiger partial charge in [-0.25, -0.2) is 8.78 Å². The molecule has 0 aliphatic carbocycles. The normalized spacial score (nSPS) is 21.1. The molecule has 1 aliphatic rings. The van der Waals surface area contributed by atoms with Gasteiger partial charge in [-0.2, -0.15) is 0 Å². The van der Waals surface area contributed by atoms with Gasteiger partial charge in [-0.05, 0) is 31.0 Å². The van der Waals surface area contributed by atoms with Crippen LogP contribution >= 0.6 is 0 Å². The molecule has 1 heterocycles. The molecule has 1 saturated heterocycles. The molecule has 18 heavy (non-hydrogen) atoms. The first kappa shape index (κ1) is 13.0. The molecule has 2 rings (SSSR count). The van der Waals surface area contributed by atoms with Crippen molar-refractivity contribution in [2.24, 2.45) is 5.73 Å². The average Bonchev–Trinajstić information content (AvgIpc) is 2.77. The second-order valence-electron chi connectivity index (χ2n) is 4.73. The molecule has 0 unspecified atom stereocenters. The summed E-state index contributed by atoms with van der Waals surface area (Å²) in [6.07, 6.45) is 0.788. The number of halogens is 2. The predicted octanol–water partition coefficient (Wildman–Crippen LogP) is 1.63. The van der Waals surface area contributed by atoms with Crippen LogP contribution in [0.4, 0.5) is 8.78 Å². The Bertz CT molecular complexity index is 464. The summed E-state index contributed by atoms with van der Waals surface area (Å²) in [6, 6.07) is 3.58. The van der Waals surface area contributed by atoms with E-state index in [2.05, 4.69) is 0 Å². The van der Waals surface area contributed by atoms with Gasteiger partial charge in [-0.15, -0.1) is 0 Å². The van der Waals surface area contributed by atoms with Gasteiger partial charge >= 0.3 is 0 Å². The maximum atomic E-state index is 13.1. The molecule has 0 spiro atoms. The highest BCUT2D eigenvalue weighted by atomic mass is 19.2. The molecule has 1 fully saturated rings. The summed E-state index contributed by atoms with van der Waals surface area (Å²) in [5.74, 6) is -2.40. The Hall–Kier alpha value is -1.49. The lowest BCUT2D eigenvalue weighted by Gasteiger charge is -2.21. The Labute approximate surface area is 105 Å². The second kappa shape index (κ2) is 5.02. The van der Waals surface area contributed by atoms with Gasteiger partial charge in [0.2, 0.25) is 5.91 Å². The van der Waals surface area contributed by atoms with Crippen molar-refractivity contribution in [3.05, 3.63) is 35.4 Å². The number of nitrogens with two attached hydrogens (primary N) is 1. The first-order valence-corrected chi connectivity index (χ1v) is 5.98. The summed E-state index contributed by atoms with van der Waals surface area (Å²) in [7, 11) is 0. The van der Waals surface area contributed by atoms with Gasteiger partial charge in [0.05, 0.1) is 5.92 Å². The summed E-state index contributed by atoms with van der Waals surface area (Å²) >= 11 is 0. The van der Waals surface area contributed by atoms with Crippen LogP contribution in [0.3, 0.4) is 0 Å². The summed E-state index contributed by atoms with van der Waals surface area (Å²) in [6.45, 7) is 2.86. The third kappa shape index (κ3) is 2.51. The summed E-state index contributed by atoms with van der Waals surface area (Å²) in [4.78, 5) is 13.8. The predicted molar refractivity (Wildman–Crippen MR) is 63.9 cm³/mol. The lowest BCUT2D eigenvalue weighted by Crippen LogP contribution is -2.34. The lowest BCUT2D eigenvalue weighted by molar-refractivity contribution is -0.131. The molecule has 1 aromatic carbocycles. The molecule has 2 N–H and O–H groups in total. The monoisotopic (exact) mass is 254 g/mol. The van der Waals surface area contributed by atoms with Crippen LogP contribution in [-0.4, -0.2) is 29.9 Å². The van der Waals surface area contributed by atoms with Crippen molar-refractivity contribution in [3.8, 4) is 0 Å². The van der Waals surface area contributed by atoms with Crippen molar-refractivity contribution in [2.45, 2.75) is 25.3 Å². The Kier molecular flexibility index (Phi) is 3.61. The van der Waals surface area contributed by atoms with Crippen molar-refractivity contribution < 1.29 is 13.6 Å². The van der Waals surface area contributed by atoms with Crippen molar-refractivity contribution >= 4 is 5.91 Å².